The van der Waals surface area contributed by atoms with Gasteiger partial charge in [0.25, 0.3) is 5.69 Å². The van der Waals surface area contributed by atoms with E-state index in [9.17, 15) is 10.1 Å². The quantitative estimate of drug-likeness (QED) is 0.308. The van der Waals surface area contributed by atoms with Gasteiger partial charge in [0, 0.05) is 12.6 Å². The van der Waals surface area contributed by atoms with Crippen molar-refractivity contribution in [3.8, 4) is 0 Å². The summed E-state index contributed by atoms with van der Waals surface area (Å²) >= 11 is 6.82. The maximum Gasteiger partial charge on any atom is 0.294 e. The van der Waals surface area contributed by atoms with E-state index in [2.05, 4.69) is 16.2 Å². The van der Waals surface area contributed by atoms with Crippen molar-refractivity contribution in [3.63, 3.8) is 0 Å². The SMILES string of the molecule is CSCCCNC(=S)NNc1ccccc1[N+](=O)[O-]. The molecule has 0 saturated heterocycles. The zero-order valence-electron chi connectivity index (χ0n) is 10.5. The molecule has 0 aliphatic carbocycles. The van der Waals surface area contributed by atoms with E-state index < -0.39 is 4.92 Å². The minimum atomic E-state index is -0.445. The Balaban J connectivity index is 2.40. The average molecular weight is 300 g/mol. The van der Waals surface area contributed by atoms with Crippen molar-refractivity contribution in [1.29, 1.82) is 0 Å². The lowest BCUT2D eigenvalue weighted by Crippen LogP contribution is -2.39. The topological polar surface area (TPSA) is 79.2 Å². The van der Waals surface area contributed by atoms with Crippen LogP contribution in [0.5, 0.6) is 0 Å². The molecular formula is C11H16N4O2S2. The second-order valence-corrected chi connectivity index (χ2v) is 5.02. The summed E-state index contributed by atoms with van der Waals surface area (Å²) in [5, 5.41) is 14.2. The molecular weight excluding hydrogens is 284 g/mol. The Kier molecular flexibility index (Phi) is 6.98. The minimum Gasteiger partial charge on any atom is -0.361 e. The highest BCUT2D eigenvalue weighted by atomic mass is 32.2. The third kappa shape index (κ3) is 5.75. The summed E-state index contributed by atoms with van der Waals surface area (Å²) in [5.74, 6) is 1.06. The van der Waals surface area contributed by atoms with Gasteiger partial charge in [-0.1, -0.05) is 12.1 Å². The summed E-state index contributed by atoms with van der Waals surface area (Å²) in [6, 6.07) is 6.37. The summed E-state index contributed by atoms with van der Waals surface area (Å²) in [7, 11) is 0. The predicted molar refractivity (Wildman–Crippen MR) is 83.5 cm³/mol. The standard InChI is InChI=1S/C11H16N4O2S2/c1-19-8-4-7-12-11(18)14-13-9-5-2-3-6-10(9)15(16)17/h2-3,5-6,13H,4,7-8H2,1H3,(H2,12,14,18). The largest absolute Gasteiger partial charge is 0.361 e. The molecule has 0 aromatic heterocycles. The van der Waals surface area contributed by atoms with Crippen LogP contribution in [0.3, 0.4) is 0 Å². The first-order valence-electron chi connectivity index (χ1n) is 5.67. The molecule has 0 aliphatic rings. The number of nitro groups is 1. The zero-order chi connectivity index (χ0) is 14.1. The summed E-state index contributed by atoms with van der Waals surface area (Å²) < 4.78 is 0. The van der Waals surface area contributed by atoms with Crippen molar-refractivity contribution in [1.82, 2.24) is 10.7 Å². The maximum atomic E-state index is 10.8. The van der Waals surface area contributed by atoms with Crippen LogP contribution in [0, 0.1) is 10.1 Å². The number of nitro benzene ring substituents is 1. The fourth-order valence-corrected chi connectivity index (χ4v) is 1.91. The van der Waals surface area contributed by atoms with E-state index in [0.717, 1.165) is 18.7 Å². The number of para-hydroxylation sites is 2. The van der Waals surface area contributed by atoms with Gasteiger partial charge in [-0.3, -0.25) is 21.0 Å². The lowest BCUT2D eigenvalue weighted by Gasteiger charge is -2.12. The van der Waals surface area contributed by atoms with Crippen molar-refractivity contribution >= 4 is 40.5 Å². The fraction of sp³-hybridized carbons (Fsp3) is 0.364. The second kappa shape index (κ2) is 8.54. The molecule has 3 N–H and O–H groups in total. The molecule has 0 aliphatic heterocycles. The Labute approximate surface area is 121 Å². The molecule has 0 saturated carbocycles. The summed E-state index contributed by atoms with van der Waals surface area (Å²) in [4.78, 5) is 10.4. The lowest BCUT2D eigenvalue weighted by molar-refractivity contribution is -0.384. The molecule has 0 spiro atoms. The van der Waals surface area contributed by atoms with Gasteiger partial charge in [-0.25, -0.2) is 0 Å². The van der Waals surface area contributed by atoms with Crippen LogP contribution in [0.15, 0.2) is 24.3 Å². The van der Waals surface area contributed by atoms with Crippen LogP contribution in [0.2, 0.25) is 0 Å². The summed E-state index contributed by atoms with van der Waals surface area (Å²) in [5.41, 5.74) is 5.84. The number of thioether (sulfide) groups is 1. The number of benzene rings is 1. The molecule has 19 heavy (non-hydrogen) atoms. The molecule has 104 valence electrons. The normalized spacial score (nSPS) is 9.74. The van der Waals surface area contributed by atoms with E-state index in [1.54, 1.807) is 30.0 Å². The summed E-state index contributed by atoms with van der Waals surface area (Å²) in [6.45, 7) is 0.769. The van der Waals surface area contributed by atoms with Crippen LogP contribution < -0.4 is 16.2 Å². The number of hydrazine groups is 1. The van der Waals surface area contributed by atoms with Gasteiger partial charge in [0.15, 0.2) is 5.11 Å². The van der Waals surface area contributed by atoms with Gasteiger partial charge >= 0.3 is 0 Å². The van der Waals surface area contributed by atoms with Crippen molar-refractivity contribution in [2.75, 3.05) is 24.0 Å². The van der Waals surface area contributed by atoms with E-state index >= 15 is 0 Å². The molecule has 0 bridgehead atoms. The maximum absolute atomic E-state index is 10.8. The van der Waals surface area contributed by atoms with Gasteiger partial charge in [0.05, 0.1) is 4.92 Å². The highest BCUT2D eigenvalue weighted by molar-refractivity contribution is 7.98. The highest BCUT2D eigenvalue weighted by Crippen LogP contribution is 2.21. The average Bonchev–Trinajstić information content (AvgIpc) is 2.41. The zero-order valence-corrected chi connectivity index (χ0v) is 12.1. The Hall–Kier alpha value is -1.54. The third-order valence-corrected chi connectivity index (χ3v) is 3.17. The summed E-state index contributed by atoms with van der Waals surface area (Å²) in [6.07, 6.45) is 3.06. The van der Waals surface area contributed by atoms with E-state index in [0.29, 0.717) is 10.8 Å². The van der Waals surface area contributed by atoms with Gasteiger partial charge in [-0.05, 0) is 36.7 Å². The number of hydrogen-bond acceptors (Lipinski definition) is 5. The van der Waals surface area contributed by atoms with Crippen LogP contribution in [0.4, 0.5) is 11.4 Å². The Morgan fingerprint density at radius 1 is 1.47 bits per heavy atom. The fourth-order valence-electron chi connectivity index (χ4n) is 1.33. The monoisotopic (exact) mass is 300 g/mol. The van der Waals surface area contributed by atoms with Gasteiger partial charge < -0.3 is 5.32 Å². The van der Waals surface area contributed by atoms with E-state index in [1.165, 1.54) is 6.07 Å². The molecule has 8 heteroatoms. The predicted octanol–water partition coefficient (Wildman–Crippen LogP) is 2.14. The van der Waals surface area contributed by atoms with Crippen LogP contribution >= 0.6 is 24.0 Å². The van der Waals surface area contributed by atoms with E-state index in [1.807, 2.05) is 6.26 Å². The smallest absolute Gasteiger partial charge is 0.294 e. The first-order valence-corrected chi connectivity index (χ1v) is 7.47. The third-order valence-electron chi connectivity index (χ3n) is 2.22. The molecule has 0 radical (unpaired) electrons. The lowest BCUT2D eigenvalue weighted by atomic mass is 10.3. The van der Waals surface area contributed by atoms with Crippen molar-refractivity contribution in [2.24, 2.45) is 0 Å². The first-order chi connectivity index (χ1) is 9.15. The number of nitrogens with one attached hydrogen (secondary N) is 3. The van der Waals surface area contributed by atoms with E-state index in [-0.39, 0.29) is 5.69 Å². The van der Waals surface area contributed by atoms with Crippen molar-refractivity contribution in [3.05, 3.63) is 34.4 Å². The van der Waals surface area contributed by atoms with E-state index in [4.69, 9.17) is 12.2 Å². The van der Waals surface area contributed by atoms with Gasteiger partial charge in [0.1, 0.15) is 5.69 Å². The van der Waals surface area contributed by atoms with Crippen molar-refractivity contribution < 1.29 is 4.92 Å². The van der Waals surface area contributed by atoms with Gasteiger partial charge in [0.2, 0.25) is 0 Å². The van der Waals surface area contributed by atoms with Crippen LogP contribution in [0.25, 0.3) is 0 Å². The molecule has 0 atom stereocenters. The number of thiocarbonyl (C=S) groups is 1. The van der Waals surface area contributed by atoms with Crippen LogP contribution in [-0.4, -0.2) is 28.6 Å². The van der Waals surface area contributed by atoms with Crippen LogP contribution in [0.1, 0.15) is 6.42 Å². The number of rotatable bonds is 7. The highest BCUT2D eigenvalue weighted by Gasteiger charge is 2.11. The Bertz CT molecular complexity index is 442. The second-order valence-electron chi connectivity index (χ2n) is 3.63. The van der Waals surface area contributed by atoms with Gasteiger partial charge in [-0.2, -0.15) is 11.8 Å². The molecule has 0 amide bonds. The van der Waals surface area contributed by atoms with Crippen molar-refractivity contribution in [2.45, 2.75) is 6.42 Å². The number of anilines is 1. The first kappa shape index (κ1) is 15.5. The Morgan fingerprint density at radius 2 is 2.21 bits per heavy atom. The number of hydrogen-bond donors (Lipinski definition) is 3. The minimum absolute atomic E-state index is 0.000169. The molecule has 1 aromatic rings. The molecule has 0 unspecified atom stereocenters. The molecule has 0 fully saturated rings. The molecule has 0 heterocycles. The number of nitrogens with zero attached hydrogens (tertiary/aromatic N) is 1. The van der Waals surface area contributed by atoms with Crippen LogP contribution in [-0.2, 0) is 0 Å². The molecule has 1 aromatic carbocycles. The van der Waals surface area contributed by atoms with Gasteiger partial charge in [-0.15, -0.1) is 0 Å². The molecule has 6 nitrogen and oxygen atoms in total. The Morgan fingerprint density at radius 3 is 2.89 bits per heavy atom. The molecule has 1 rings (SSSR count).